The quantitative estimate of drug-likeness (QED) is 0.893. The van der Waals surface area contributed by atoms with Gasteiger partial charge in [-0.25, -0.2) is 0 Å². The SMILES string of the molecule is CC1(CC(=O)O)Oc2ccccc2-c2ccccc21. The van der Waals surface area contributed by atoms with Crippen molar-refractivity contribution >= 4 is 5.97 Å². The normalized spacial score (nSPS) is 20.1. The van der Waals surface area contributed by atoms with E-state index in [1.54, 1.807) is 0 Å². The van der Waals surface area contributed by atoms with Crippen LogP contribution in [0.25, 0.3) is 11.1 Å². The number of carbonyl (C=O) groups is 1. The van der Waals surface area contributed by atoms with Crippen LogP contribution in [0.2, 0.25) is 0 Å². The highest BCUT2D eigenvalue weighted by Crippen LogP contribution is 2.46. The van der Waals surface area contributed by atoms with Crippen LogP contribution in [0.3, 0.4) is 0 Å². The number of benzene rings is 2. The highest BCUT2D eigenvalue weighted by molar-refractivity contribution is 5.78. The van der Waals surface area contributed by atoms with Gasteiger partial charge in [0.2, 0.25) is 0 Å². The topological polar surface area (TPSA) is 46.5 Å². The van der Waals surface area contributed by atoms with Crippen molar-refractivity contribution in [3.05, 3.63) is 54.1 Å². The number of fused-ring (bicyclic) bond motifs is 3. The first-order valence-electron chi connectivity index (χ1n) is 6.20. The summed E-state index contributed by atoms with van der Waals surface area (Å²) in [5, 5.41) is 9.12. The fourth-order valence-corrected chi connectivity index (χ4v) is 2.67. The summed E-state index contributed by atoms with van der Waals surface area (Å²) in [4.78, 5) is 11.1. The van der Waals surface area contributed by atoms with Gasteiger partial charge in [0, 0.05) is 11.1 Å². The number of carboxylic acid groups (broad SMARTS) is 1. The van der Waals surface area contributed by atoms with Crippen molar-refractivity contribution in [2.45, 2.75) is 18.9 Å². The van der Waals surface area contributed by atoms with Crippen molar-refractivity contribution in [3.8, 4) is 16.9 Å². The summed E-state index contributed by atoms with van der Waals surface area (Å²) < 4.78 is 5.98. The van der Waals surface area contributed by atoms with E-state index in [-0.39, 0.29) is 6.42 Å². The zero-order chi connectivity index (χ0) is 13.5. The predicted molar refractivity (Wildman–Crippen MR) is 72.1 cm³/mol. The van der Waals surface area contributed by atoms with Crippen molar-refractivity contribution in [1.29, 1.82) is 0 Å². The highest BCUT2D eigenvalue weighted by atomic mass is 16.5. The van der Waals surface area contributed by atoms with Crippen molar-refractivity contribution in [2.24, 2.45) is 0 Å². The zero-order valence-corrected chi connectivity index (χ0v) is 10.6. The summed E-state index contributed by atoms with van der Waals surface area (Å²) in [7, 11) is 0. The van der Waals surface area contributed by atoms with Crippen LogP contribution < -0.4 is 4.74 Å². The van der Waals surface area contributed by atoms with Gasteiger partial charge < -0.3 is 9.84 Å². The summed E-state index contributed by atoms with van der Waals surface area (Å²) in [5.41, 5.74) is 2.17. The Balaban J connectivity index is 2.22. The summed E-state index contributed by atoms with van der Waals surface area (Å²) in [5.74, 6) is -0.123. The lowest BCUT2D eigenvalue weighted by Gasteiger charge is -2.36. The standard InChI is InChI=1S/C16H14O3/c1-16(10-15(17)18)13-8-4-2-6-11(13)12-7-3-5-9-14(12)19-16/h2-9H,10H2,1H3,(H,17,18). The lowest BCUT2D eigenvalue weighted by molar-refractivity contribution is -0.141. The molecule has 1 unspecified atom stereocenters. The maximum Gasteiger partial charge on any atom is 0.307 e. The number of hydrogen-bond acceptors (Lipinski definition) is 2. The van der Waals surface area contributed by atoms with Gasteiger partial charge in [0.1, 0.15) is 11.4 Å². The van der Waals surface area contributed by atoms with Crippen LogP contribution in [0.5, 0.6) is 5.75 Å². The minimum absolute atomic E-state index is 0.0572. The van der Waals surface area contributed by atoms with E-state index < -0.39 is 11.6 Å². The Hall–Kier alpha value is -2.29. The molecule has 1 aliphatic rings. The lowest BCUT2D eigenvalue weighted by Crippen LogP contribution is -2.35. The van der Waals surface area contributed by atoms with Crippen LogP contribution in [0.15, 0.2) is 48.5 Å². The fraction of sp³-hybridized carbons (Fsp3) is 0.188. The Kier molecular flexibility index (Phi) is 2.56. The second-order valence-electron chi connectivity index (χ2n) is 4.95. The lowest BCUT2D eigenvalue weighted by atomic mass is 9.83. The van der Waals surface area contributed by atoms with E-state index in [2.05, 4.69) is 0 Å². The molecule has 0 saturated carbocycles. The summed E-state index contributed by atoms with van der Waals surface area (Å²) in [6.45, 7) is 1.83. The van der Waals surface area contributed by atoms with Gasteiger partial charge in [0.05, 0.1) is 6.42 Å². The fourth-order valence-electron chi connectivity index (χ4n) is 2.67. The summed E-state index contributed by atoms with van der Waals surface area (Å²) in [6.07, 6.45) is -0.0572. The average molecular weight is 254 g/mol. The second kappa shape index (κ2) is 4.12. The van der Waals surface area contributed by atoms with Gasteiger partial charge in [-0.3, -0.25) is 4.79 Å². The molecule has 1 N–H and O–H groups in total. The van der Waals surface area contributed by atoms with E-state index in [1.165, 1.54) is 0 Å². The minimum atomic E-state index is -0.864. The first-order valence-corrected chi connectivity index (χ1v) is 6.20. The molecule has 1 atom stereocenters. The molecule has 2 aromatic carbocycles. The number of ether oxygens (including phenoxy) is 1. The Morgan fingerprint density at radius 3 is 2.47 bits per heavy atom. The van der Waals surface area contributed by atoms with Gasteiger partial charge in [0.15, 0.2) is 0 Å². The molecule has 0 aliphatic carbocycles. The third kappa shape index (κ3) is 1.87. The third-order valence-electron chi connectivity index (χ3n) is 3.50. The number of rotatable bonds is 2. The molecule has 0 radical (unpaired) electrons. The zero-order valence-electron chi connectivity index (χ0n) is 10.6. The highest BCUT2D eigenvalue weighted by Gasteiger charge is 2.38. The number of aliphatic carboxylic acids is 1. The van der Waals surface area contributed by atoms with E-state index >= 15 is 0 Å². The van der Waals surface area contributed by atoms with Crippen LogP contribution in [0, 0.1) is 0 Å². The van der Waals surface area contributed by atoms with Crippen molar-refractivity contribution in [3.63, 3.8) is 0 Å². The Morgan fingerprint density at radius 1 is 1.11 bits per heavy atom. The number of carboxylic acids is 1. The molecule has 19 heavy (non-hydrogen) atoms. The molecule has 3 heteroatoms. The molecular formula is C16H14O3. The van der Waals surface area contributed by atoms with E-state index in [9.17, 15) is 4.79 Å². The molecule has 96 valence electrons. The van der Waals surface area contributed by atoms with Crippen molar-refractivity contribution in [2.75, 3.05) is 0 Å². The molecule has 2 aromatic rings. The van der Waals surface area contributed by atoms with Crippen molar-refractivity contribution in [1.82, 2.24) is 0 Å². The van der Waals surface area contributed by atoms with E-state index in [0.717, 1.165) is 22.4 Å². The van der Waals surface area contributed by atoms with Crippen LogP contribution in [0.1, 0.15) is 18.9 Å². The van der Waals surface area contributed by atoms with Crippen LogP contribution in [0.4, 0.5) is 0 Å². The molecule has 3 rings (SSSR count). The number of hydrogen-bond donors (Lipinski definition) is 1. The third-order valence-corrected chi connectivity index (χ3v) is 3.50. The maximum absolute atomic E-state index is 11.1. The van der Waals surface area contributed by atoms with E-state index in [4.69, 9.17) is 9.84 Å². The van der Waals surface area contributed by atoms with Crippen LogP contribution >= 0.6 is 0 Å². The van der Waals surface area contributed by atoms with Gasteiger partial charge in [-0.15, -0.1) is 0 Å². The molecule has 0 fully saturated rings. The van der Waals surface area contributed by atoms with Crippen molar-refractivity contribution < 1.29 is 14.6 Å². The van der Waals surface area contributed by atoms with Gasteiger partial charge in [-0.2, -0.15) is 0 Å². The second-order valence-corrected chi connectivity index (χ2v) is 4.95. The van der Waals surface area contributed by atoms with Gasteiger partial charge >= 0.3 is 5.97 Å². The molecule has 1 aliphatic heterocycles. The maximum atomic E-state index is 11.1. The molecule has 0 saturated heterocycles. The minimum Gasteiger partial charge on any atom is -0.482 e. The smallest absolute Gasteiger partial charge is 0.307 e. The predicted octanol–water partition coefficient (Wildman–Crippen LogP) is 3.44. The van der Waals surface area contributed by atoms with E-state index in [1.807, 2.05) is 55.5 Å². The van der Waals surface area contributed by atoms with E-state index in [0.29, 0.717) is 0 Å². The Morgan fingerprint density at radius 2 is 1.74 bits per heavy atom. The largest absolute Gasteiger partial charge is 0.482 e. The first kappa shape index (κ1) is 11.8. The molecule has 1 heterocycles. The molecule has 0 spiro atoms. The Labute approximate surface area is 111 Å². The molecule has 0 aromatic heterocycles. The molecule has 0 bridgehead atoms. The first-order chi connectivity index (χ1) is 9.10. The van der Waals surface area contributed by atoms with Crippen LogP contribution in [-0.4, -0.2) is 11.1 Å². The van der Waals surface area contributed by atoms with Gasteiger partial charge in [-0.05, 0) is 18.6 Å². The number of para-hydroxylation sites is 1. The van der Waals surface area contributed by atoms with Gasteiger partial charge in [0.25, 0.3) is 0 Å². The average Bonchev–Trinajstić information content (AvgIpc) is 2.38. The molecule has 3 nitrogen and oxygen atoms in total. The monoisotopic (exact) mass is 254 g/mol. The molecular weight excluding hydrogens is 240 g/mol. The van der Waals surface area contributed by atoms with Crippen LogP contribution in [-0.2, 0) is 10.4 Å². The summed E-state index contributed by atoms with van der Waals surface area (Å²) in [6, 6.07) is 15.6. The van der Waals surface area contributed by atoms with Gasteiger partial charge in [-0.1, -0.05) is 42.5 Å². The molecule has 0 amide bonds. The Bertz CT molecular complexity index is 648. The summed E-state index contributed by atoms with van der Waals surface area (Å²) >= 11 is 0.